The van der Waals surface area contributed by atoms with Crippen molar-refractivity contribution in [3.8, 4) is 17.2 Å². The van der Waals surface area contributed by atoms with Gasteiger partial charge in [0.1, 0.15) is 5.75 Å². The van der Waals surface area contributed by atoms with Gasteiger partial charge >= 0.3 is 6.01 Å². The number of hydrogen-bond acceptors (Lipinski definition) is 5. The van der Waals surface area contributed by atoms with Crippen LogP contribution in [-0.4, -0.2) is 22.7 Å². The third-order valence-corrected chi connectivity index (χ3v) is 3.82. The Balaban J connectivity index is 1.44. The molecule has 3 aromatic rings. The highest BCUT2D eigenvalue weighted by Gasteiger charge is 2.11. The molecule has 0 saturated carbocycles. The van der Waals surface area contributed by atoms with E-state index in [2.05, 4.69) is 15.5 Å². The van der Waals surface area contributed by atoms with Crippen molar-refractivity contribution in [1.82, 2.24) is 10.2 Å². The van der Waals surface area contributed by atoms with E-state index < -0.39 is 0 Å². The highest BCUT2D eigenvalue weighted by molar-refractivity contribution is 6.30. The second kappa shape index (κ2) is 8.49. The Labute approximate surface area is 156 Å². The minimum atomic E-state index is -0.204. The average Bonchev–Trinajstić information content (AvgIpc) is 3.08. The number of aromatic nitrogens is 2. The molecule has 0 saturated heterocycles. The van der Waals surface area contributed by atoms with Crippen molar-refractivity contribution >= 4 is 23.5 Å². The number of carbonyl (C=O) groups is 1. The number of halogens is 1. The molecule has 0 aliphatic heterocycles. The molecule has 1 aromatic heterocycles. The van der Waals surface area contributed by atoms with Crippen LogP contribution in [0.2, 0.25) is 5.02 Å². The molecule has 134 valence electrons. The van der Waals surface area contributed by atoms with Gasteiger partial charge in [-0.15, -0.1) is 5.10 Å². The van der Waals surface area contributed by atoms with Crippen LogP contribution in [0.4, 0.5) is 6.01 Å². The fourth-order valence-electron chi connectivity index (χ4n) is 2.29. The monoisotopic (exact) mass is 371 g/mol. The summed E-state index contributed by atoms with van der Waals surface area (Å²) in [5, 5.41) is 11.0. The summed E-state index contributed by atoms with van der Waals surface area (Å²) in [4.78, 5) is 12.0. The van der Waals surface area contributed by atoms with Gasteiger partial charge in [0.25, 0.3) is 0 Å². The van der Waals surface area contributed by atoms with Gasteiger partial charge in [-0.2, -0.15) is 0 Å². The molecule has 0 aliphatic rings. The van der Waals surface area contributed by atoms with Crippen molar-refractivity contribution in [3.05, 3.63) is 59.1 Å². The van der Waals surface area contributed by atoms with Crippen molar-refractivity contribution < 1.29 is 13.9 Å². The van der Waals surface area contributed by atoms with Crippen LogP contribution in [0, 0.1) is 6.92 Å². The van der Waals surface area contributed by atoms with Gasteiger partial charge < -0.3 is 9.15 Å². The quantitative estimate of drug-likeness (QED) is 0.619. The van der Waals surface area contributed by atoms with Crippen LogP contribution in [0.25, 0.3) is 11.5 Å². The number of nitrogens with zero attached hydrogens (tertiary/aromatic N) is 2. The van der Waals surface area contributed by atoms with Gasteiger partial charge in [-0.3, -0.25) is 10.1 Å². The van der Waals surface area contributed by atoms with E-state index >= 15 is 0 Å². The molecule has 1 amide bonds. The highest BCUT2D eigenvalue weighted by atomic mass is 35.5. The molecule has 0 unspecified atom stereocenters. The molecule has 0 aliphatic carbocycles. The van der Waals surface area contributed by atoms with E-state index in [4.69, 9.17) is 20.8 Å². The zero-order valence-electron chi connectivity index (χ0n) is 14.2. The van der Waals surface area contributed by atoms with Crippen molar-refractivity contribution in [2.45, 2.75) is 19.8 Å². The number of aryl methyl sites for hydroxylation is 1. The van der Waals surface area contributed by atoms with E-state index in [1.165, 1.54) is 0 Å². The molecule has 0 bridgehead atoms. The van der Waals surface area contributed by atoms with E-state index in [0.29, 0.717) is 30.4 Å². The summed E-state index contributed by atoms with van der Waals surface area (Å²) < 4.78 is 11.1. The van der Waals surface area contributed by atoms with Crippen LogP contribution in [0.15, 0.2) is 52.9 Å². The van der Waals surface area contributed by atoms with Crippen molar-refractivity contribution in [3.63, 3.8) is 0 Å². The van der Waals surface area contributed by atoms with Gasteiger partial charge in [0.05, 0.1) is 6.61 Å². The summed E-state index contributed by atoms with van der Waals surface area (Å²) in [6.07, 6.45) is 0.877. The van der Waals surface area contributed by atoms with Crippen LogP contribution >= 0.6 is 11.6 Å². The van der Waals surface area contributed by atoms with E-state index in [1.54, 1.807) is 24.3 Å². The summed E-state index contributed by atoms with van der Waals surface area (Å²) in [6, 6.07) is 14.9. The predicted molar refractivity (Wildman–Crippen MR) is 99.3 cm³/mol. The van der Waals surface area contributed by atoms with Crippen molar-refractivity contribution in [2.24, 2.45) is 0 Å². The molecule has 0 radical (unpaired) electrons. The van der Waals surface area contributed by atoms with E-state index in [-0.39, 0.29) is 11.9 Å². The standard InChI is InChI=1S/C19H18ClN3O3/c1-13-4-2-5-16(12-13)25-11-3-6-17(24)21-19-23-22-18(26-19)14-7-9-15(20)10-8-14/h2,4-5,7-10,12H,3,6,11H2,1H3,(H,21,23,24). The fourth-order valence-corrected chi connectivity index (χ4v) is 2.42. The number of carbonyl (C=O) groups excluding carboxylic acids is 1. The summed E-state index contributed by atoms with van der Waals surface area (Å²) in [5.74, 6) is 0.916. The molecule has 0 spiro atoms. The van der Waals surface area contributed by atoms with Crippen molar-refractivity contribution in [1.29, 1.82) is 0 Å². The average molecular weight is 372 g/mol. The maximum Gasteiger partial charge on any atom is 0.322 e. The van der Waals surface area contributed by atoms with Crippen molar-refractivity contribution in [2.75, 3.05) is 11.9 Å². The molecule has 2 aromatic carbocycles. The minimum Gasteiger partial charge on any atom is -0.494 e. The lowest BCUT2D eigenvalue weighted by atomic mass is 10.2. The Morgan fingerprint density at radius 2 is 2.00 bits per heavy atom. The van der Waals surface area contributed by atoms with Crippen LogP contribution in [0.3, 0.4) is 0 Å². The molecule has 0 atom stereocenters. The number of ether oxygens (including phenoxy) is 1. The number of benzene rings is 2. The van der Waals surface area contributed by atoms with E-state index in [9.17, 15) is 4.79 Å². The van der Waals surface area contributed by atoms with E-state index in [1.807, 2.05) is 31.2 Å². The maximum absolute atomic E-state index is 12.0. The van der Waals surface area contributed by atoms with Gasteiger partial charge in [-0.25, -0.2) is 0 Å². The molecule has 6 nitrogen and oxygen atoms in total. The predicted octanol–water partition coefficient (Wildman–Crippen LogP) is 4.50. The number of hydrogen-bond donors (Lipinski definition) is 1. The molecule has 3 rings (SSSR count). The zero-order valence-corrected chi connectivity index (χ0v) is 15.0. The molecular formula is C19H18ClN3O3. The lowest BCUT2D eigenvalue weighted by Crippen LogP contribution is -2.13. The summed E-state index contributed by atoms with van der Waals surface area (Å²) in [7, 11) is 0. The molecule has 1 N–H and O–H groups in total. The fraction of sp³-hybridized carbons (Fsp3) is 0.211. The highest BCUT2D eigenvalue weighted by Crippen LogP contribution is 2.21. The van der Waals surface area contributed by atoms with Gasteiger partial charge in [-0.05, 0) is 55.3 Å². The van der Waals surface area contributed by atoms with Crippen LogP contribution in [0.1, 0.15) is 18.4 Å². The molecule has 1 heterocycles. The first-order chi connectivity index (χ1) is 12.6. The topological polar surface area (TPSA) is 77.2 Å². The lowest BCUT2D eigenvalue weighted by molar-refractivity contribution is -0.116. The maximum atomic E-state index is 12.0. The minimum absolute atomic E-state index is 0.0690. The smallest absolute Gasteiger partial charge is 0.322 e. The second-order valence-corrected chi connectivity index (χ2v) is 6.17. The first kappa shape index (κ1) is 17.9. The Kier molecular flexibility index (Phi) is 5.86. The number of rotatable bonds is 7. The molecular weight excluding hydrogens is 354 g/mol. The lowest BCUT2D eigenvalue weighted by Gasteiger charge is -2.06. The Morgan fingerprint density at radius 1 is 1.19 bits per heavy atom. The van der Waals surface area contributed by atoms with Gasteiger partial charge in [0.15, 0.2) is 0 Å². The first-order valence-corrected chi connectivity index (χ1v) is 8.57. The SMILES string of the molecule is Cc1cccc(OCCCC(=O)Nc2nnc(-c3ccc(Cl)cc3)o2)c1. The molecule has 7 heteroatoms. The number of amides is 1. The van der Waals surface area contributed by atoms with Gasteiger partial charge in [0.2, 0.25) is 11.8 Å². The van der Waals surface area contributed by atoms with Crippen LogP contribution in [-0.2, 0) is 4.79 Å². The normalized spacial score (nSPS) is 10.5. The van der Waals surface area contributed by atoms with Crippen LogP contribution < -0.4 is 10.1 Å². The van der Waals surface area contributed by atoms with E-state index in [0.717, 1.165) is 16.9 Å². The Hall–Kier alpha value is -2.86. The molecule has 26 heavy (non-hydrogen) atoms. The summed E-state index contributed by atoms with van der Waals surface area (Å²) >= 11 is 5.85. The second-order valence-electron chi connectivity index (χ2n) is 5.74. The van der Waals surface area contributed by atoms with Gasteiger partial charge in [-0.1, -0.05) is 28.8 Å². The third kappa shape index (κ3) is 5.07. The largest absolute Gasteiger partial charge is 0.494 e. The Bertz CT molecular complexity index is 878. The summed E-state index contributed by atoms with van der Waals surface area (Å²) in [5.41, 5.74) is 1.86. The summed E-state index contributed by atoms with van der Waals surface area (Å²) in [6.45, 7) is 2.46. The molecule has 0 fully saturated rings. The van der Waals surface area contributed by atoms with Gasteiger partial charge in [0, 0.05) is 17.0 Å². The Morgan fingerprint density at radius 3 is 2.77 bits per heavy atom. The number of nitrogens with one attached hydrogen (secondary N) is 1. The zero-order chi connectivity index (χ0) is 18.4. The third-order valence-electron chi connectivity index (χ3n) is 3.57. The number of anilines is 1. The first-order valence-electron chi connectivity index (χ1n) is 8.19. The van der Waals surface area contributed by atoms with Crippen LogP contribution in [0.5, 0.6) is 5.75 Å².